The molecule has 0 spiro atoms. The van der Waals surface area contributed by atoms with E-state index in [-0.39, 0.29) is 6.47 Å². The number of carbonyl (C=O) groups is 3. The summed E-state index contributed by atoms with van der Waals surface area (Å²) < 4.78 is 0. The second-order valence-electron chi connectivity index (χ2n) is 1.12. The molecule has 0 saturated heterocycles. The molecule has 6 nitrogen and oxygen atoms in total. The van der Waals surface area contributed by atoms with Gasteiger partial charge in [0.1, 0.15) is 0 Å². The summed E-state index contributed by atoms with van der Waals surface area (Å²) >= 11 is 0. The summed E-state index contributed by atoms with van der Waals surface area (Å²) in [5.74, 6) is -2.51. The van der Waals surface area contributed by atoms with E-state index < -0.39 is 11.9 Å². The molecule has 0 unspecified atom stereocenters. The van der Waals surface area contributed by atoms with Gasteiger partial charge >= 0.3 is 11.9 Å². The number of hydrogen-bond acceptors (Lipinski definition) is 3. The van der Waals surface area contributed by atoms with Crippen molar-refractivity contribution in [2.24, 2.45) is 0 Å². The molecule has 0 bridgehead atoms. The molecule has 3 N–H and O–H groups in total. The van der Waals surface area contributed by atoms with Crippen LogP contribution in [0.4, 0.5) is 0 Å². The smallest absolute Gasteiger partial charge is 0.328 e. The molecule has 0 saturated carbocycles. The first kappa shape index (κ1) is 11.9. The molecule has 0 aliphatic rings. The zero-order valence-electron chi connectivity index (χ0n) is 5.30. The van der Waals surface area contributed by atoms with E-state index in [9.17, 15) is 9.59 Å². The maximum Gasteiger partial charge on any atom is 0.328 e. The lowest BCUT2D eigenvalue weighted by Crippen LogP contribution is -1.91. The zero-order valence-corrected chi connectivity index (χ0v) is 5.30. The topological polar surface area (TPSA) is 112 Å². The third kappa shape index (κ3) is 31.1. The van der Waals surface area contributed by atoms with Crippen molar-refractivity contribution in [3.8, 4) is 0 Å². The second-order valence-corrected chi connectivity index (χ2v) is 1.12. The van der Waals surface area contributed by atoms with E-state index in [1.807, 2.05) is 0 Å². The normalized spacial score (nSPS) is 8.00. The number of aliphatic carboxylic acids is 2. The summed E-state index contributed by atoms with van der Waals surface area (Å²) in [6.45, 7) is -0.250. The number of hydrogen-bond donors (Lipinski definition) is 3. The van der Waals surface area contributed by atoms with Gasteiger partial charge in [-0.05, 0) is 0 Å². The van der Waals surface area contributed by atoms with Crippen LogP contribution in [0, 0.1) is 0 Å². The van der Waals surface area contributed by atoms with Crippen LogP contribution in [0.15, 0.2) is 12.2 Å². The second kappa shape index (κ2) is 8.15. The van der Waals surface area contributed by atoms with Crippen LogP contribution in [0.3, 0.4) is 0 Å². The molecular weight excluding hydrogens is 156 g/mol. The van der Waals surface area contributed by atoms with Crippen LogP contribution in [0.2, 0.25) is 0 Å². The predicted molar refractivity (Wildman–Crippen MR) is 33.1 cm³/mol. The van der Waals surface area contributed by atoms with Gasteiger partial charge in [-0.25, -0.2) is 9.59 Å². The summed E-state index contributed by atoms with van der Waals surface area (Å²) in [4.78, 5) is 27.5. The fraction of sp³-hybridized carbons (Fsp3) is 0. The average molecular weight is 162 g/mol. The number of rotatable bonds is 2. The van der Waals surface area contributed by atoms with Crippen LogP contribution in [-0.4, -0.2) is 33.7 Å². The molecule has 0 rings (SSSR count). The molecule has 6 heteroatoms. The van der Waals surface area contributed by atoms with Crippen LogP contribution in [0.5, 0.6) is 0 Å². The van der Waals surface area contributed by atoms with Crippen molar-refractivity contribution in [1.82, 2.24) is 0 Å². The highest BCUT2D eigenvalue weighted by molar-refractivity contribution is 5.89. The van der Waals surface area contributed by atoms with E-state index in [1.165, 1.54) is 0 Å². The van der Waals surface area contributed by atoms with Crippen molar-refractivity contribution in [2.75, 3.05) is 0 Å². The number of carboxylic acid groups (broad SMARTS) is 3. The van der Waals surface area contributed by atoms with Crippen molar-refractivity contribution in [1.29, 1.82) is 0 Å². The van der Waals surface area contributed by atoms with E-state index in [4.69, 9.17) is 20.1 Å². The van der Waals surface area contributed by atoms with Gasteiger partial charge in [-0.3, -0.25) is 4.79 Å². The Hall–Kier alpha value is -1.85. The zero-order chi connectivity index (χ0) is 9.28. The quantitative estimate of drug-likeness (QED) is 0.369. The van der Waals surface area contributed by atoms with Crippen molar-refractivity contribution < 1.29 is 29.7 Å². The lowest BCUT2D eigenvalue weighted by molar-refractivity contribution is -0.134. The molecule has 0 radical (unpaired) electrons. The Bertz CT molecular complexity index is 154. The summed E-state index contributed by atoms with van der Waals surface area (Å²) in [5, 5.41) is 22.5. The van der Waals surface area contributed by atoms with Crippen molar-refractivity contribution in [3.63, 3.8) is 0 Å². The first-order valence-electron chi connectivity index (χ1n) is 2.26. The third-order valence-corrected chi connectivity index (χ3v) is 0.368. The fourth-order valence-electron chi connectivity index (χ4n) is 0.143. The van der Waals surface area contributed by atoms with E-state index in [0.29, 0.717) is 12.2 Å². The highest BCUT2D eigenvalue weighted by Crippen LogP contribution is 1.70. The Labute approximate surface area is 61.4 Å². The Morgan fingerprint density at radius 2 is 1.18 bits per heavy atom. The van der Waals surface area contributed by atoms with Gasteiger partial charge in [-0.2, -0.15) is 0 Å². The monoisotopic (exact) mass is 162 g/mol. The Morgan fingerprint density at radius 1 is 1.00 bits per heavy atom. The minimum absolute atomic E-state index is 0.250. The number of carboxylic acids is 2. The van der Waals surface area contributed by atoms with Gasteiger partial charge in [0.2, 0.25) is 0 Å². The van der Waals surface area contributed by atoms with Crippen LogP contribution in [0.25, 0.3) is 0 Å². The third-order valence-electron chi connectivity index (χ3n) is 0.368. The highest BCUT2D eigenvalue weighted by atomic mass is 16.4. The first-order chi connectivity index (χ1) is 5.04. The predicted octanol–water partition coefficient (Wildman–Crippen LogP) is -0.587. The molecule has 0 aromatic rings. The average Bonchev–Trinajstić information content (AvgIpc) is 1.85. The Balaban J connectivity index is 0. The fourth-order valence-corrected chi connectivity index (χ4v) is 0.143. The van der Waals surface area contributed by atoms with E-state index in [2.05, 4.69) is 0 Å². The lowest BCUT2D eigenvalue weighted by atomic mass is 10.5. The van der Waals surface area contributed by atoms with E-state index in [1.54, 1.807) is 0 Å². The van der Waals surface area contributed by atoms with Crippen molar-refractivity contribution >= 4 is 18.4 Å². The molecule has 0 aliphatic heterocycles. The van der Waals surface area contributed by atoms with Gasteiger partial charge in [-0.1, -0.05) is 0 Å². The summed E-state index contributed by atoms with van der Waals surface area (Å²) in [6, 6.07) is 0. The van der Waals surface area contributed by atoms with Gasteiger partial charge in [0.15, 0.2) is 0 Å². The molecule has 0 amide bonds. The Morgan fingerprint density at radius 3 is 1.27 bits per heavy atom. The van der Waals surface area contributed by atoms with Crippen LogP contribution >= 0.6 is 0 Å². The minimum atomic E-state index is -1.26. The molecular formula is C5H6O6. The highest BCUT2D eigenvalue weighted by Gasteiger charge is 1.88. The Kier molecular flexibility index (Phi) is 8.81. The lowest BCUT2D eigenvalue weighted by Gasteiger charge is -1.74. The molecule has 0 aromatic heterocycles. The van der Waals surface area contributed by atoms with Crippen molar-refractivity contribution in [2.45, 2.75) is 0 Å². The van der Waals surface area contributed by atoms with Crippen LogP contribution in [0.1, 0.15) is 0 Å². The molecule has 0 aromatic carbocycles. The largest absolute Gasteiger partial charge is 0.483 e. The maximum absolute atomic E-state index is 9.55. The maximum atomic E-state index is 9.55. The molecule has 0 heterocycles. The molecule has 62 valence electrons. The van der Waals surface area contributed by atoms with Gasteiger partial charge in [-0.15, -0.1) is 0 Å². The SMILES string of the molecule is O=C(O)/C=C\C(=O)O.O=CO. The van der Waals surface area contributed by atoms with Gasteiger partial charge in [0.25, 0.3) is 6.47 Å². The van der Waals surface area contributed by atoms with Crippen molar-refractivity contribution in [3.05, 3.63) is 12.2 Å². The molecule has 0 aliphatic carbocycles. The molecule has 11 heavy (non-hydrogen) atoms. The molecule has 0 atom stereocenters. The van der Waals surface area contributed by atoms with Crippen LogP contribution < -0.4 is 0 Å². The summed E-state index contributed by atoms with van der Waals surface area (Å²) in [6.07, 6.45) is 1.12. The van der Waals surface area contributed by atoms with E-state index >= 15 is 0 Å². The summed E-state index contributed by atoms with van der Waals surface area (Å²) in [5.41, 5.74) is 0. The first-order valence-corrected chi connectivity index (χ1v) is 2.26. The summed E-state index contributed by atoms with van der Waals surface area (Å²) in [7, 11) is 0. The molecule has 0 fully saturated rings. The minimum Gasteiger partial charge on any atom is -0.483 e. The van der Waals surface area contributed by atoms with E-state index in [0.717, 1.165) is 0 Å². The van der Waals surface area contributed by atoms with Gasteiger partial charge < -0.3 is 15.3 Å². The van der Waals surface area contributed by atoms with Gasteiger partial charge in [0.05, 0.1) is 0 Å². The standard InChI is InChI=1S/C4H4O4.CH2O2/c5-3(6)1-2-4(7)8;2-1-3/h1-2H,(H,5,6)(H,7,8);1H,(H,2,3)/b2-1-;. The van der Waals surface area contributed by atoms with Crippen LogP contribution in [-0.2, 0) is 14.4 Å². The van der Waals surface area contributed by atoms with Gasteiger partial charge in [0, 0.05) is 12.2 Å².